The van der Waals surface area contributed by atoms with E-state index >= 15 is 0 Å². The van der Waals surface area contributed by atoms with Gasteiger partial charge in [-0.05, 0) is 67.0 Å². The molecular weight excluding hydrogens is 416 g/mol. The van der Waals surface area contributed by atoms with Crippen molar-refractivity contribution < 1.29 is 19.1 Å². The van der Waals surface area contributed by atoms with Gasteiger partial charge in [-0.15, -0.1) is 0 Å². The summed E-state index contributed by atoms with van der Waals surface area (Å²) >= 11 is 0. The molecule has 0 amide bonds. The average Bonchev–Trinajstić information content (AvgIpc) is 3.70. The Labute approximate surface area is 192 Å². The summed E-state index contributed by atoms with van der Waals surface area (Å²) in [5.74, 6) is 2.52. The van der Waals surface area contributed by atoms with E-state index in [1.165, 1.54) is 48.1 Å². The number of methoxy groups -OCH3 is 1. The van der Waals surface area contributed by atoms with Crippen LogP contribution >= 0.6 is 0 Å². The Hall–Kier alpha value is -2.60. The molecule has 2 saturated carbocycles. The highest BCUT2D eigenvalue weighted by Crippen LogP contribution is 2.79. The third-order valence-electron chi connectivity index (χ3n) is 10.8. The summed E-state index contributed by atoms with van der Waals surface area (Å²) in [6.07, 6.45) is 5.63. The lowest BCUT2D eigenvalue weighted by molar-refractivity contribution is -0.832. The third kappa shape index (κ3) is 1.99. The molecule has 170 valence electrons. The van der Waals surface area contributed by atoms with Crippen LogP contribution < -0.4 is 10.3 Å². The Morgan fingerprint density at radius 3 is 2.82 bits per heavy atom. The molecule has 4 fully saturated rings. The summed E-state index contributed by atoms with van der Waals surface area (Å²) in [4.78, 5) is 27.3. The van der Waals surface area contributed by atoms with Crippen molar-refractivity contribution in [2.75, 3.05) is 26.7 Å². The zero-order valence-corrected chi connectivity index (χ0v) is 18.9. The largest absolute Gasteiger partial charge is 0.497 e. The van der Waals surface area contributed by atoms with Crippen molar-refractivity contribution in [2.24, 2.45) is 23.7 Å². The van der Waals surface area contributed by atoms with E-state index in [9.17, 15) is 14.7 Å². The molecule has 1 aromatic carbocycles. The lowest BCUT2D eigenvalue weighted by atomic mass is 9.55. The van der Waals surface area contributed by atoms with E-state index in [2.05, 4.69) is 23.2 Å². The highest BCUT2D eigenvalue weighted by Gasteiger charge is 2.92. The number of H-pyrrole nitrogens is 1. The van der Waals surface area contributed by atoms with Crippen LogP contribution in [-0.4, -0.2) is 52.8 Å². The second kappa shape index (κ2) is 5.54. The van der Waals surface area contributed by atoms with E-state index in [0.717, 1.165) is 42.2 Å². The number of fused-ring (bicyclic) bond motifs is 2. The number of hydrogen-bond donors (Lipinski definition) is 2. The first-order valence-corrected chi connectivity index (χ1v) is 12.4. The van der Waals surface area contributed by atoms with Crippen molar-refractivity contribution in [3.8, 4) is 5.75 Å². The fourth-order valence-electron chi connectivity index (χ4n) is 9.60. The Bertz CT molecular complexity index is 1330. The lowest BCUT2D eigenvalue weighted by Gasteiger charge is -2.50. The number of nitrogens with zero attached hydrogens (tertiary/aromatic N) is 1. The highest BCUT2D eigenvalue weighted by atomic mass is 16.5. The van der Waals surface area contributed by atoms with Gasteiger partial charge in [0, 0.05) is 34.8 Å². The van der Waals surface area contributed by atoms with Crippen LogP contribution in [0.1, 0.15) is 45.6 Å². The van der Waals surface area contributed by atoms with Gasteiger partial charge in [-0.3, -0.25) is 4.79 Å². The number of carboxylic acids is 1. The second-order valence-corrected chi connectivity index (χ2v) is 11.8. The number of piperidine rings is 2. The lowest BCUT2D eigenvalue weighted by Crippen LogP contribution is -2.56. The summed E-state index contributed by atoms with van der Waals surface area (Å²) < 4.78 is 6.98. The topological polar surface area (TPSA) is 79.4 Å². The van der Waals surface area contributed by atoms with E-state index in [0.29, 0.717) is 23.3 Å². The molecule has 4 bridgehead atoms. The van der Waals surface area contributed by atoms with Gasteiger partial charge in [-0.25, -0.2) is 4.79 Å². The number of carboxylic acid groups (broad SMARTS) is 1. The van der Waals surface area contributed by atoms with Gasteiger partial charge in [-0.2, -0.15) is 0 Å². The van der Waals surface area contributed by atoms with E-state index in [1.807, 2.05) is 0 Å². The van der Waals surface area contributed by atoms with Crippen LogP contribution in [0.25, 0.3) is 0 Å². The quantitative estimate of drug-likeness (QED) is 0.560. The van der Waals surface area contributed by atoms with Crippen LogP contribution in [0.4, 0.5) is 0 Å². The van der Waals surface area contributed by atoms with Crippen LogP contribution in [0.5, 0.6) is 5.75 Å². The molecule has 3 heterocycles. The van der Waals surface area contributed by atoms with Crippen molar-refractivity contribution in [1.29, 1.82) is 0 Å². The monoisotopic (exact) mass is 445 g/mol. The normalized spacial score (nSPS) is 40.5. The first kappa shape index (κ1) is 18.8. The number of aromatic amines is 1. The maximum Gasteiger partial charge on any atom is 0.341 e. The predicted octanol–water partition coefficient (Wildman–Crippen LogP) is 2.53. The molecule has 2 aromatic rings. The zero-order chi connectivity index (χ0) is 22.3. The summed E-state index contributed by atoms with van der Waals surface area (Å²) in [5.41, 5.74) is 4.68. The molecule has 4 unspecified atom stereocenters. The van der Waals surface area contributed by atoms with Gasteiger partial charge < -0.3 is 19.3 Å². The van der Waals surface area contributed by atoms with Crippen LogP contribution in [0.3, 0.4) is 0 Å². The molecule has 0 radical (unpaired) electrons. The fraction of sp³-hybridized carbons (Fsp3) is 0.556. The van der Waals surface area contributed by atoms with Gasteiger partial charge in [-0.1, -0.05) is 6.07 Å². The van der Waals surface area contributed by atoms with E-state index in [4.69, 9.17) is 4.74 Å². The molecule has 1 aromatic heterocycles. The van der Waals surface area contributed by atoms with E-state index in [-0.39, 0.29) is 11.0 Å². The van der Waals surface area contributed by atoms with Gasteiger partial charge in [0.1, 0.15) is 17.9 Å². The molecule has 2 spiro atoms. The average molecular weight is 446 g/mol. The zero-order valence-electron chi connectivity index (χ0n) is 18.9. The van der Waals surface area contributed by atoms with Crippen molar-refractivity contribution in [1.82, 2.24) is 4.98 Å². The SMILES string of the molecule is COc1ccc2c(c1)[C@@]13Cc4[nH]c(=O)c(C(=O)O)cc4C[C@H]1C14C[N+]1(CC1CC1)CC3C4C2. The van der Waals surface area contributed by atoms with Gasteiger partial charge in [0.15, 0.2) is 5.54 Å². The van der Waals surface area contributed by atoms with Crippen LogP contribution in [-0.2, 0) is 24.7 Å². The summed E-state index contributed by atoms with van der Waals surface area (Å²) in [6.45, 7) is 3.92. The molecule has 4 aliphatic carbocycles. The van der Waals surface area contributed by atoms with Crippen molar-refractivity contribution in [2.45, 2.75) is 43.1 Å². The van der Waals surface area contributed by atoms with Crippen LogP contribution in [0, 0.1) is 23.7 Å². The van der Waals surface area contributed by atoms with Crippen molar-refractivity contribution in [3.63, 3.8) is 0 Å². The third-order valence-corrected chi connectivity index (χ3v) is 10.8. The van der Waals surface area contributed by atoms with E-state index in [1.54, 1.807) is 13.2 Å². The predicted molar refractivity (Wildman–Crippen MR) is 121 cm³/mol. The minimum Gasteiger partial charge on any atom is -0.497 e. The van der Waals surface area contributed by atoms with Gasteiger partial charge in [0.05, 0.1) is 20.2 Å². The summed E-state index contributed by atoms with van der Waals surface area (Å²) in [6, 6.07) is 8.35. The van der Waals surface area contributed by atoms with Gasteiger partial charge in [0.25, 0.3) is 5.56 Å². The Kier molecular flexibility index (Phi) is 3.16. The Balaban J connectivity index is 1.35. The van der Waals surface area contributed by atoms with E-state index < -0.39 is 11.5 Å². The number of benzene rings is 1. The number of aromatic nitrogens is 1. The van der Waals surface area contributed by atoms with Crippen molar-refractivity contribution >= 4 is 5.97 Å². The molecule has 6 heteroatoms. The molecule has 8 rings (SSSR count). The number of ether oxygens (including phenoxy) is 1. The number of nitrogens with one attached hydrogen (secondary N) is 1. The number of quaternary nitrogens is 1. The van der Waals surface area contributed by atoms with Crippen LogP contribution in [0.2, 0.25) is 0 Å². The standard InChI is InChI=1S/C27H28N2O4/c1-33-17-5-4-15-7-20-21-12-29(11-14-2-3-14)13-27(20,29)23-8-16-6-18(25(31)32)24(30)28-22(16)10-26(21,23)19(15)9-17/h4-6,9,14,20-21,23H,2-3,7-8,10-13H2,1H3,(H-,28,30,31,32)/p+1/t20?,21?,23-,26-,27?,29?/m1/s1. The van der Waals surface area contributed by atoms with Crippen LogP contribution in [0.15, 0.2) is 29.1 Å². The molecule has 2 N–H and O–H groups in total. The molecule has 2 aliphatic heterocycles. The number of hydrogen-bond acceptors (Lipinski definition) is 3. The first-order valence-electron chi connectivity index (χ1n) is 12.4. The first-order chi connectivity index (χ1) is 15.9. The minimum absolute atomic E-state index is 0.0231. The van der Waals surface area contributed by atoms with Gasteiger partial charge >= 0.3 is 5.97 Å². The molecule has 6 nitrogen and oxygen atoms in total. The van der Waals surface area contributed by atoms with Crippen molar-refractivity contribution in [3.05, 3.63) is 62.6 Å². The molecular formula is C27H29N2O4+. The molecule has 2 saturated heterocycles. The Morgan fingerprint density at radius 1 is 1.21 bits per heavy atom. The number of carbonyl (C=O) groups is 1. The second-order valence-electron chi connectivity index (χ2n) is 11.8. The fourth-order valence-corrected chi connectivity index (χ4v) is 9.60. The number of aromatic carboxylic acids is 1. The Morgan fingerprint density at radius 2 is 2.06 bits per heavy atom. The summed E-state index contributed by atoms with van der Waals surface area (Å²) in [7, 11) is 1.74. The molecule has 33 heavy (non-hydrogen) atoms. The molecule has 6 atom stereocenters. The maximum absolute atomic E-state index is 12.6. The highest BCUT2D eigenvalue weighted by molar-refractivity contribution is 5.87. The minimum atomic E-state index is -1.13. The maximum atomic E-state index is 12.6. The number of pyridine rings is 1. The van der Waals surface area contributed by atoms with Gasteiger partial charge in [0.2, 0.25) is 0 Å². The summed E-state index contributed by atoms with van der Waals surface area (Å²) in [5, 5.41) is 9.57. The number of rotatable bonds is 4. The smallest absolute Gasteiger partial charge is 0.341 e. The molecule has 6 aliphatic rings.